The fourth-order valence-corrected chi connectivity index (χ4v) is 2.39. The fraction of sp³-hybridized carbons (Fsp3) is 0.429. The molecule has 19 heavy (non-hydrogen) atoms. The van der Waals surface area contributed by atoms with Crippen molar-refractivity contribution in [3.8, 4) is 0 Å². The first-order valence-electron chi connectivity index (χ1n) is 6.31. The van der Waals surface area contributed by atoms with Gasteiger partial charge in [0.15, 0.2) is 5.78 Å². The Morgan fingerprint density at radius 2 is 1.84 bits per heavy atom. The molecule has 0 atom stereocenters. The van der Waals surface area contributed by atoms with Crippen molar-refractivity contribution in [3.63, 3.8) is 0 Å². The van der Waals surface area contributed by atoms with E-state index >= 15 is 0 Å². The molecule has 0 unspecified atom stereocenters. The number of hydrogen-bond donors (Lipinski definition) is 0. The number of aromatic nitrogens is 2. The van der Waals surface area contributed by atoms with Gasteiger partial charge in [0.05, 0.1) is 11.0 Å². The van der Waals surface area contributed by atoms with Crippen LogP contribution in [0.15, 0.2) is 23.0 Å². The first-order chi connectivity index (χ1) is 9.06. The SMILES string of the molecule is Cn1c(=O)n(C)c2cc(C(=O)CCCCCl)ccc21. The van der Waals surface area contributed by atoms with Crippen LogP contribution in [0.25, 0.3) is 11.0 Å². The Kier molecular flexibility index (Phi) is 4.10. The Morgan fingerprint density at radius 1 is 1.16 bits per heavy atom. The highest BCUT2D eigenvalue weighted by Crippen LogP contribution is 2.16. The molecule has 0 bridgehead atoms. The van der Waals surface area contributed by atoms with Gasteiger partial charge in [-0.05, 0) is 31.0 Å². The summed E-state index contributed by atoms with van der Waals surface area (Å²) in [6, 6.07) is 5.40. The minimum Gasteiger partial charge on any atom is -0.295 e. The number of Topliss-reactive ketones (excluding diaryl/α,β-unsaturated/α-hetero) is 1. The van der Waals surface area contributed by atoms with Crippen molar-refractivity contribution in [1.82, 2.24) is 9.13 Å². The molecule has 4 nitrogen and oxygen atoms in total. The van der Waals surface area contributed by atoms with Crippen LogP contribution in [0.3, 0.4) is 0 Å². The summed E-state index contributed by atoms with van der Waals surface area (Å²) < 4.78 is 3.14. The minimum atomic E-state index is -0.0817. The van der Waals surface area contributed by atoms with Crippen molar-refractivity contribution < 1.29 is 4.79 Å². The molecule has 2 aromatic rings. The Balaban J connectivity index is 2.34. The van der Waals surface area contributed by atoms with Crippen LogP contribution >= 0.6 is 11.6 Å². The lowest BCUT2D eigenvalue weighted by atomic mass is 10.1. The lowest BCUT2D eigenvalue weighted by molar-refractivity contribution is 0.0980. The van der Waals surface area contributed by atoms with E-state index in [2.05, 4.69) is 0 Å². The third-order valence-electron chi connectivity index (χ3n) is 3.38. The molecule has 0 radical (unpaired) electrons. The van der Waals surface area contributed by atoms with Crippen LogP contribution in [0.4, 0.5) is 0 Å². The van der Waals surface area contributed by atoms with Crippen molar-refractivity contribution in [3.05, 3.63) is 34.2 Å². The molecule has 0 saturated heterocycles. The highest BCUT2D eigenvalue weighted by Gasteiger charge is 2.11. The highest BCUT2D eigenvalue weighted by molar-refractivity contribution is 6.17. The van der Waals surface area contributed by atoms with Crippen LogP contribution in [0.2, 0.25) is 0 Å². The summed E-state index contributed by atoms with van der Waals surface area (Å²) in [5.74, 6) is 0.683. The number of benzene rings is 1. The number of aryl methyl sites for hydroxylation is 2. The molecule has 2 rings (SSSR count). The molecule has 5 heteroatoms. The maximum Gasteiger partial charge on any atom is 0.328 e. The zero-order valence-corrected chi connectivity index (χ0v) is 11.9. The van der Waals surface area contributed by atoms with Gasteiger partial charge in [-0.25, -0.2) is 4.79 Å². The van der Waals surface area contributed by atoms with Gasteiger partial charge in [-0.3, -0.25) is 13.9 Å². The lowest BCUT2D eigenvalue weighted by Crippen LogP contribution is -2.19. The van der Waals surface area contributed by atoms with Gasteiger partial charge >= 0.3 is 5.69 Å². The van der Waals surface area contributed by atoms with E-state index in [0.29, 0.717) is 17.9 Å². The predicted octanol–water partition coefficient (Wildman–Crippen LogP) is 2.47. The molecular weight excluding hydrogens is 264 g/mol. The summed E-state index contributed by atoms with van der Waals surface area (Å²) in [4.78, 5) is 23.8. The largest absolute Gasteiger partial charge is 0.328 e. The smallest absolute Gasteiger partial charge is 0.295 e. The highest BCUT2D eigenvalue weighted by atomic mass is 35.5. The number of alkyl halides is 1. The van der Waals surface area contributed by atoms with E-state index in [4.69, 9.17) is 11.6 Å². The number of carbonyl (C=O) groups is 1. The monoisotopic (exact) mass is 280 g/mol. The van der Waals surface area contributed by atoms with Gasteiger partial charge in [0.25, 0.3) is 0 Å². The second kappa shape index (κ2) is 5.61. The van der Waals surface area contributed by atoms with Crippen LogP contribution in [0.5, 0.6) is 0 Å². The summed E-state index contributed by atoms with van der Waals surface area (Å²) >= 11 is 5.60. The molecule has 1 heterocycles. The van der Waals surface area contributed by atoms with E-state index in [1.807, 2.05) is 6.07 Å². The zero-order chi connectivity index (χ0) is 14.0. The van der Waals surface area contributed by atoms with Gasteiger partial charge in [-0.2, -0.15) is 0 Å². The maximum absolute atomic E-state index is 12.0. The third-order valence-corrected chi connectivity index (χ3v) is 3.65. The van der Waals surface area contributed by atoms with Gasteiger partial charge in [0.1, 0.15) is 0 Å². The topological polar surface area (TPSA) is 44.0 Å². The van der Waals surface area contributed by atoms with E-state index < -0.39 is 0 Å². The van der Waals surface area contributed by atoms with E-state index in [1.165, 1.54) is 0 Å². The minimum absolute atomic E-state index is 0.0817. The van der Waals surface area contributed by atoms with E-state index in [9.17, 15) is 9.59 Å². The maximum atomic E-state index is 12.0. The van der Waals surface area contributed by atoms with Crippen LogP contribution in [-0.2, 0) is 14.1 Å². The molecule has 0 fully saturated rings. The summed E-state index contributed by atoms with van der Waals surface area (Å²) in [5, 5.41) is 0. The first-order valence-corrected chi connectivity index (χ1v) is 6.84. The predicted molar refractivity (Wildman–Crippen MR) is 77.1 cm³/mol. The number of carbonyl (C=O) groups excluding carboxylic acids is 1. The zero-order valence-electron chi connectivity index (χ0n) is 11.1. The van der Waals surface area contributed by atoms with Gasteiger partial charge < -0.3 is 0 Å². The molecule has 1 aromatic carbocycles. The Morgan fingerprint density at radius 3 is 2.53 bits per heavy atom. The van der Waals surface area contributed by atoms with Crippen molar-refractivity contribution >= 4 is 28.4 Å². The lowest BCUT2D eigenvalue weighted by Gasteiger charge is -2.02. The van der Waals surface area contributed by atoms with E-state index in [0.717, 1.165) is 23.9 Å². The number of fused-ring (bicyclic) bond motifs is 1. The molecule has 0 saturated carbocycles. The average molecular weight is 281 g/mol. The van der Waals surface area contributed by atoms with Gasteiger partial charge in [0.2, 0.25) is 0 Å². The average Bonchev–Trinajstić information content (AvgIpc) is 2.64. The fourth-order valence-electron chi connectivity index (χ4n) is 2.20. The summed E-state index contributed by atoms with van der Waals surface area (Å²) in [6.07, 6.45) is 2.15. The first kappa shape index (κ1) is 13.9. The second-order valence-corrected chi connectivity index (χ2v) is 5.05. The molecule has 1 aromatic heterocycles. The Bertz CT molecular complexity index is 670. The summed E-state index contributed by atoms with van der Waals surface area (Å²) in [6.45, 7) is 0. The number of rotatable bonds is 5. The van der Waals surface area contributed by atoms with Crippen LogP contribution in [-0.4, -0.2) is 20.8 Å². The van der Waals surface area contributed by atoms with Crippen molar-refractivity contribution in [2.75, 3.05) is 5.88 Å². The molecule has 0 aliphatic heterocycles. The molecule has 0 aliphatic carbocycles. The summed E-state index contributed by atoms with van der Waals surface area (Å²) in [7, 11) is 3.44. The molecular formula is C14H17ClN2O2. The van der Waals surface area contributed by atoms with E-state index in [-0.39, 0.29) is 11.5 Å². The third kappa shape index (κ3) is 2.59. The second-order valence-electron chi connectivity index (χ2n) is 4.67. The Labute approximate surface area is 116 Å². The molecule has 102 valence electrons. The van der Waals surface area contributed by atoms with Crippen LogP contribution in [0.1, 0.15) is 29.6 Å². The van der Waals surface area contributed by atoms with Crippen LogP contribution < -0.4 is 5.69 Å². The number of halogens is 1. The number of imidazole rings is 1. The number of ketones is 1. The number of unbranched alkanes of at least 4 members (excludes halogenated alkanes) is 1. The van der Waals surface area contributed by atoms with Gasteiger partial charge in [-0.1, -0.05) is 0 Å². The summed E-state index contributed by atoms with van der Waals surface area (Å²) in [5.41, 5.74) is 2.20. The van der Waals surface area contributed by atoms with Gasteiger partial charge in [0, 0.05) is 32.0 Å². The molecule has 0 spiro atoms. The van der Waals surface area contributed by atoms with Gasteiger partial charge in [-0.15, -0.1) is 11.6 Å². The Hall–Kier alpha value is -1.55. The van der Waals surface area contributed by atoms with Crippen molar-refractivity contribution in [1.29, 1.82) is 0 Å². The number of hydrogen-bond acceptors (Lipinski definition) is 2. The number of nitrogens with zero attached hydrogens (tertiary/aromatic N) is 2. The van der Waals surface area contributed by atoms with E-state index in [1.54, 1.807) is 35.4 Å². The molecule has 0 amide bonds. The standard InChI is InChI=1S/C14H17ClN2O2/c1-16-11-7-6-10(13(18)5-3-4-8-15)9-12(11)17(2)14(16)19/h6-7,9H,3-5,8H2,1-2H3. The molecule has 0 N–H and O–H groups in total. The van der Waals surface area contributed by atoms with Crippen molar-refractivity contribution in [2.24, 2.45) is 14.1 Å². The van der Waals surface area contributed by atoms with Crippen molar-refractivity contribution in [2.45, 2.75) is 19.3 Å². The van der Waals surface area contributed by atoms with Crippen LogP contribution in [0, 0.1) is 0 Å². The molecule has 0 aliphatic rings. The normalized spacial score (nSPS) is 11.1. The quantitative estimate of drug-likeness (QED) is 0.480.